The van der Waals surface area contributed by atoms with Crippen LogP contribution >= 0.6 is 0 Å². The first kappa shape index (κ1) is 17.9. The Morgan fingerprint density at radius 2 is 1.54 bits per heavy atom. The van der Waals surface area contributed by atoms with Gasteiger partial charge in [-0.3, -0.25) is 9.71 Å². The molecule has 0 saturated heterocycles. The van der Waals surface area contributed by atoms with Crippen molar-refractivity contribution in [3.8, 4) is 0 Å². The maximum absolute atomic E-state index is 12.6. The molecule has 2 aromatic carbocycles. The van der Waals surface area contributed by atoms with E-state index in [-0.39, 0.29) is 0 Å². The lowest BCUT2D eigenvalue weighted by molar-refractivity contribution is 0.600. The Kier molecular flexibility index (Phi) is 5.23. The number of nitrogens with one attached hydrogen (secondary N) is 2. The van der Waals surface area contributed by atoms with Crippen molar-refractivity contribution >= 4 is 21.4 Å². The van der Waals surface area contributed by atoms with Crippen molar-refractivity contribution < 1.29 is 8.42 Å². The van der Waals surface area contributed by atoms with Gasteiger partial charge in [0, 0.05) is 30.3 Å². The van der Waals surface area contributed by atoms with Crippen LogP contribution in [0.3, 0.4) is 0 Å². The zero-order valence-corrected chi connectivity index (χ0v) is 15.5. The number of anilines is 2. The molecule has 0 unspecified atom stereocenters. The monoisotopic (exact) mass is 367 g/mol. The van der Waals surface area contributed by atoms with E-state index in [2.05, 4.69) is 15.0 Å². The summed E-state index contributed by atoms with van der Waals surface area (Å²) in [6, 6.07) is 16.4. The van der Waals surface area contributed by atoms with E-state index in [9.17, 15) is 8.42 Å². The molecule has 26 heavy (non-hydrogen) atoms. The van der Waals surface area contributed by atoms with E-state index in [0.717, 1.165) is 22.4 Å². The first-order chi connectivity index (χ1) is 12.4. The SMILES string of the molecule is Cc1ccc(S(=O)(=O)Nc2ccc(NCc3ccncc3)cc2)c(C)c1. The van der Waals surface area contributed by atoms with Crippen molar-refractivity contribution in [1.82, 2.24) is 4.98 Å². The van der Waals surface area contributed by atoms with E-state index in [4.69, 9.17) is 0 Å². The number of nitrogens with zero attached hydrogens (tertiary/aromatic N) is 1. The maximum atomic E-state index is 12.6. The molecule has 6 heteroatoms. The summed E-state index contributed by atoms with van der Waals surface area (Å²) in [6.45, 7) is 4.42. The predicted molar refractivity (Wildman–Crippen MR) is 105 cm³/mol. The third kappa shape index (κ3) is 4.40. The first-order valence-corrected chi connectivity index (χ1v) is 9.75. The fourth-order valence-electron chi connectivity index (χ4n) is 2.67. The molecular weight excluding hydrogens is 346 g/mol. The summed E-state index contributed by atoms with van der Waals surface area (Å²) in [5.41, 5.74) is 4.33. The van der Waals surface area contributed by atoms with E-state index >= 15 is 0 Å². The highest BCUT2D eigenvalue weighted by molar-refractivity contribution is 7.92. The van der Waals surface area contributed by atoms with Crippen molar-refractivity contribution in [3.63, 3.8) is 0 Å². The van der Waals surface area contributed by atoms with E-state index in [1.165, 1.54) is 0 Å². The zero-order valence-electron chi connectivity index (χ0n) is 14.7. The highest BCUT2D eigenvalue weighted by Crippen LogP contribution is 2.21. The van der Waals surface area contributed by atoms with Gasteiger partial charge in [0.1, 0.15) is 0 Å². The van der Waals surface area contributed by atoms with Gasteiger partial charge < -0.3 is 5.32 Å². The van der Waals surface area contributed by atoms with Gasteiger partial charge in [-0.1, -0.05) is 17.7 Å². The number of hydrogen-bond acceptors (Lipinski definition) is 4. The lowest BCUT2D eigenvalue weighted by Crippen LogP contribution is -2.14. The topological polar surface area (TPSA) is 71.1 Å². The van der Waals surface area contributed by atoms with Crippen molar-refractivity contribution in [2.24, 2.45) is 0 Å². The molecule has 1 aromatic heterocycles. The number of benzene rings is 2. The molecule has 0 aliphatic heterocycles. The normalized spacial score (nSPS) is 11.2. The molecule has 0 aliphatic rings. The van der Waals surface area contributed by atoms with Crippen molar-refractivity contribution in [2.45, 2.75) is 25.3 Å². The molecule has 0 radical (unpaired) electrons. The molecule has 0 aliphatic carbocycles. The summed E-state index contributed by atoms with van der Waals surface area (Å²) in [5.74, 6) is 0. The van der Waals surface area contributed by atoms with Crippen LogP contribution < -0.4 is 10.0 Å². The minimum absolute atomic E-state index is 0.294. The minimum atomic E-state index is -3.61. The number of pyridine rings is 1. The van der Waals surface area contributed by atoms with E-state index < -0.39 is 10.0 Å². The Morgan fingerprint density at radius 1 is 0.885 bits per heavy atom. The molecule has 1 heterocycles. The summed E-state index contributed by atoms with van der Waals surface area (Å²) >= 11 is 0. The fraction of sp³-hybridized carbons (Fsp3) is 0.150. The second kappa shape index (κ2) is 7.58. The first-order valence-electron chi connectivity index (χ1n) is 8.27. The lowest BCUT2D eigenvalue weighted by Gasteiger charge is -2.12. The van der Waals surface area contributed by atoms with Crippen LogP contribution in [0.5, 0.6) is 0 Å². The number of sulfonamides is 1. The zero-order chi connectivity index (χ0) is 18.6. The molecule has 0 amide bonds. The van der Waals surface area contributed by atoms with Crippen molar-refractivity contribution in [1.29, 1.82) is 0 Å². The Bertz CT molecular complexity index is 985. The molecular formula is C20H21N3O2S. The summed E-state index contributed by atoms with van der Waals surface area (Å²) in [4.78, 5) is 4.28. The van der Waals surface area contributed by atoms with Crippen molar-refractivity contribution in [3.05, 3.63) is 83.7 Å². The van der Waals surface area contributed by atoms with Gasteiger partial charge in [0.25, 0.3) is 10.0 Å². The molecule has 2 N–H and O–H groups in total. The van der Waals surface area contributed by atoms with Gasteiger partial charge >= 0.3 is 0 Å². The minimum Gasteiger partial charge on any atom is -0.381 e. The van der Waals surface area contributed by atoms with Gasteiger partial charge in [0.05, 0.1) is 4.90 Å². The standard InChI is InChI=1S/C20H21N3O2S/c1-15-3-8-20(16(2)13-15)26(24,25)23-19-6-4-18(5-7-19)22-14-17-9-11-21-12-10-17/h3-13,22-23H,14H2,1-2H3. The summed E-state index contributed by atoms with van der Waals surface area (Å²) < 4.78 is 27.8. The Balaban J connectivity index is 1.68. The molecule has 0 fully saturated rings. The highest BCUT2D eigenvalue weighted by atomic mass is 32.2. The van der Waals surface area contributed by atoms with Crippen molar-refractivity contribution in [2.75, 3.05) is 10.0 Å². The maximum Gasteiger partial charge on any atom is 0.262 e. The fourth-order valence-corrected chi connectivity index (χ4v) is 3.96. The third-order valence-electron chi connectivity index (χ3n) is 4.00. The predicted octanol–water partition coefficient (Wildman–Crippen LogP) is 4.11. The van der Waals surface area contributed by atoms with Crippen LogP contribution in [0.4, 0.5) is 11.4 Å². The quantitative estimate of drug-likeness (QED) is 0.688. The second-order valence-electron chi connectivity index (χ2n) is 6.16. The average molecular weight is 367 g/mol. The molecule has 0 bridgehead atoms. The lowest BCUT2D eigenvalue weighted by atomic mass is 10.2. The number of rotatable bonds is 6. The van der Waals surface area contributed by atoms with Crippen LogP contribution in [0.2, 0.25) is 0 Å². The van der Waals surface area contributed by atoms with Crippen LogP contribution in [0.25, 0.3) is 0 Å². The van der Waals surface area contributed by atoms with Gasteiger partial charge in [-0.2, -0.15) is 0 Å². The van der Waals surface area contributed by atoms with Gasteiger partial charge in [-0.05, 0) is 67.4 Å². The molecule has 3 aromatic rings. The van der Waals surface area contributed by atoms with E-state index in [1.54, 1.807) is 43.6 Å². The average Bonchev–Trinajstić information content (AvgIpc) is 2.61. The van der Waals surface area contributed by atoms with Crippen LogP contribution in [0.15, 0.2) is 71.9 Å². The Labute approximate surface area is 154 Å². The van der Waals surface area contributed by atoms with Crippen LogP contribution in [0.1, 0.15) is 16.7 Å². The van der Waals surface area contributed by atoms with Gasteiger partial charge in [-0.15, -0.1) is 0 Å². The third-order valence-corrected chi connectivity index (χ3v) is 5.54. The summed E-state index contributed by atoms with van der Waals surface area (Å²) in [5, 5.41) is 3.29. The van der Waals surface area contributed by atoms with Gasteiger partial charge in [0.2, 0.25) is 0 Å². The molecule has 5 nitrogen and oxygen atoms in total. The summed E-state index contributed by atoms with van der Waals surface area (Å²) in [6.07, 6.45) is 3.50. The van der Waals surface area contributed by atoms with Crippen LogP contribution in [-0.2, 0) is 16.6 Å². The molecule has 134 valence electrons. The Morgan fingerprint density at radius 3 is 2.19 bits per heavy atom. The van der Waals surface area contributed by atoms with Crippen LogP contribution in [-0.4, -0.2) is 13.4 Å². The second-order valence-corrected chi connectivity index (χ2v) is 7.81. The Hall–Kier alpha value is -2.86. The number of aryl methyl sites for hydroxylation is 2. The van der Waals surface area contributed by atoms with E-state index in [0.29, 0.717) is 17.1 Å². The van der Waals surface area contributed by atoms with Gasteiger partial charge in [-0.25, -0.2) is 8.42 Å². The number of hydrogen-bond donors (Lipinski definition) is 2. The molecule has 0 spiro atoms. The van der Waals surface area contributed by atoms with E-state index in [1.807, 2.05) is 37.3 Å². The number of aromatic nitrogens is 1. The summed E-state index contributed by atoms with van der Waals surface area (Å²) in [7, 11) is -3.61. The van der Waals surface area contributed by atoms with Crippen LogP contribution in [0, 0.1) is 13.8 Å². The molecule has 0 saturated carbocycles. The molecule has 0 atom stereocenters. The molecule has 3 rings (SSSR count). The largest absolute Gasteiger partial charge is 0.381 e. The van der Waals surface area contributed by atoms with Gasteiger partial charge in [0.15, 0.2) is 0 Å². The smallest absolute Gasteiger partial charge is 0.262 e. The highest BCUT2D eigenvalue weighted by Gasteiger charge is 2.16.